The van der Waals surface area contributed by atoms with E-state index in [1.165, 1.54) is 6.20 Å². The molecule has 3 rings (SSSR count). The van der Waals surface area contributed by atoms with Crippen LogP contribution < -0.4 is 5.32 Å². The maximum Gasteiger partial charge on any atom is 0.254 e. The zero-order valence-corrected chi connectivity index (χ0v) is 13.3. The van der Waals surface area contributed by atoms with Crippen LogP contribution in [0.15, 0.2) is 53.2 Å². The van der Waals surface area contributed by atoms with Gasteiger partial charge in [-0.3, -0.25) is 4.79 Å². The summed E-state index contributed by atoms with van der Waals surface area (Å²) in [6.07, 6.45) is 1.52. The van der Waals surface area contributed by atoms with Gasteiger partial charge < -0.3 is 9.84 Å². The van der Waals surface area contributed by atoms with Gasteiger partial charge in [0.05, 0.1) is 12.1 Å². The number of pyridine rings is 1. The van der Waals surface area contributed by atoms with Crippen molar-refractivity contribution in [1.82, 2.24) is 15.5 Å². The van der Waals surface area contributed by atoms with E-state index in [0.717, 1.165) is 5.56 Å². The number of carbonyl (C=O) groups is 1. The average Bonchev–Trinajstić information content (AvgIpc) is 3.03. The van der Waals surface area contributed by atoms with Gasteiger partial charge >= 0.3 is 0 Å². The largest absolute Gasteiger partial charge is 0.359 e. The summed E-state index contributed by atoms with van der Waals surface area (Å²) >= 11 is 11.7. The second kappa shape index (κ2) is 6.81. The van der Waals surface area contributed by atoms with Crippen LogP contribution in [0.2, 0.25) is 10.2 Å². The van der Waals surface area contributed by atoms with E-state index in [9.17, 15) is 4.79 Å². The molecule has 2 heterocycles. The number of nitrogens with one attached hydrogen (secondary N) is 1. The molecule has 23 heavy (non-hydrogen) atoms. The predicted molar refractivity (Wildman–Crippen MR) is 87.4 cm³/mol. The average molecular weight is 348 g/mol. The van der Waals surface area contributed by atoms with Gasteiger partial charge in [0.15, 0.2) is 5.76 Å². The van der Waals surface area contributed by atoms with Crippen molar-refractivity contribution in [3.8, 4) is 11.3 Å². The third-order valence-corrected chi connectivity index (χ3v) is 3.68. The molecule has 0 aliphatic heterocycles. The summed E-state index contributed by atoms with van der Waals surface area (Å²) in [5, 5.41) is 7.50. The van der Waals surface area contributed by atoms with Gasteiger partial charge in [0.1, 0.15) is 10.8 Å². The van der Waals surface area contributed by atoms with Crippen LogP contribution in [0.5, 0.6) is 0 Å². The third kappa shape index (κ3) is 3.70. The van der Waals surface area contributed by atoms with E-state index >= 15 is 0 Å². The maximum atomic E-state index is 12.0. The first-order valence-corrected chi connectivity index (χ1v) is 7.49. The van der Waals surface area contributed by atoms with Crippen LogP contribution in [-0.4, -0.2) is 16.0 Å². The number of hydrogen-bond donors (Lipinski definition) is 1. The van der Waals surface area contributed by atoms with E-state index in [4.69, 9.17) is 27.7 Å². The Balaban J connectivity index is 1.67. The summed E-state index contributed by atoms with van der Waals surface area (Å²) < 4.78 is 5.22. The van der Waals surface area contributed by atoms with Crippen molar-refractivity contribution in [1.29, 1.82) is 0 Å². The molecule has 1 aromatic carbocycles. The van der Waals surface area contributed by atoms with E-state index in [2.05, 4.69) is 15.5 Å². The van der Waals surface area contributed by atoms with Crippen molar-refractivity contribution in [3.05, 3.63) is 70.2 Å². The third-order valence-electron chi connectivity index (χ3n) is 3.13. The van der Waals surface area contributed by atoms with Crippen LogP contribution in [-0.2, 0) is 6.54 Å². The van der Waals surface area contributed by atoms with E-state index in [-0.39, 0.29) is 17.6 Å². The first-order chi connectivity index (χ1) is 11.1. The Morgan fingerprint density at radius 3 is 2.70 bits per heavy atom. The lowest BCUT2D eigenvalue weighted by atomic mass is 10.1. The molecule has 2 aromatic heterocycles. The smallest absolute Gasteiger partial charge is 0.254 e. The molecule has 0 saturated heterocycles. The quantitative estimate of drug-likeness (QED) is 0.725. The minimum absolute atomic E-state index is 0.157. The molecule has 0 fully saturated rings. The molecule has 0 spiro atoms. The Hall–Kier alpha value is -2.37. The molecule has 0 bridgehead atoms. The number of hydrogen-bond acceptors (Lipinski definition) is 4. The molecule has 0 unspecified atom stereocenters. The molecule has 0 atom stereocenters. The number of amides is 1. The van der Waals surface area contributed by atoms with Crippen molar-refractivity contribution < 1.29 is 9.32 Å². The summed E-state index contributed by atoms with van der Waals surface area (Å²) in [6.45, 7) is 0.199. The molecule has 0 aliphatic rings. The molecule has 5 nitrogen and oxygen atoms in total. The molecule has 1 amide bonds. The molecule has 1 N–H and O–H groups in total. The Morgan fingerprint density at radius 2 is 1.96 bits per heavy atom. The van der Waals surface area contributed by atoms with Gasteiger partial charge in [-0.05, 0) is 24.3 Å². The van der Waals surface area contributed by atoms with Gasteiger partial charge in [-0.2, -0.15) is 0 Å². The van der Waals surface area contributed by atoms with Gasteiger partial charge in [-0.1, -0.05) is 40.5 Å². The zero-order valence-electron chi connectivity index (χ0n) is 11.8. The second-order valence-electron chi connectivity index (χ2n) is 4.71. The fourth-order valence-electron chi connectivity index (χ4n) is 1.97. The van der Waals surface area contributed by atoms with Crippen LogP contribution in [0.1, 0.15) is 16.1 Å². The fourth-order valence-corrected chi connectivity index (χ4v) is 2.30. The van der Waals surface area contributed by atoms with Crippen LogP contribution in [0.4, 0.5) is 0 Å². The highest BCUT2D eigenvalue weighted by molar-refractivity contribution is 6.32. The van der Waals surface area contributed by atoms with Crippen LogP contribution in [0.3, 0.4) is 0 Å². The molecule has 0 aliphatic carbocycles. The summed E-state index contributed by atoms with van der Waals surface area (Å²) in [6, 6.07) is 12.2. The van der Waals surface area contributed by atoms with Crippen molar-refractivity contribution in [2.45, 2.75) is 6.54 Å². The number of benzene rings is 1. The number of nitrogens with zero attached hydrogens (tertiary/aromatic N) is 2. The second-order valence-corrected chi connectivity index (χ2v) is 5.50. The van der Waals surface area contributed by atoms with Gasteiger partial charge in [-0.25, -0.2) is 4.98 Å². The monoisotopic (exact) mass is 347 g/mol. The SMILES string of the molecule is O=C(NCc1cc(-c2ccc(Cl)cc2)no1)c1cccnc1Cl. The van der Waals surface area contributed by atoms with Crippen LogP contribution in [0.25, 0.3) is 11.3 Å². The standard InChI is InChI=1S/C16H11Cl2N3O2/c17-11-5-3-10(4-6-11)14-8-12(23-21-14)9-20-16(22)13-2-1-7-19-15(13)18/h1-8H,9H2,(H,20,22). The normalized spacial score (nSPS) is 10.5. The summed E-state index contributed by atoms with van der Waals surface area (Å²) in [5.74, 6) is 0.204. The number of aromatic nitrogens is 2. The fraction of sp³-hybridized carbons (Fsp3) is 0.0625. The van der Waals surface area contributed by atoms with E-state index < -0.39 is 0 Å². The molecular weight excluding hydrogens is 337 g/mol. The van der Waals surface area contributed by atoms with Gasteiger partial charge in [0.25, 0.3) is 5.91 Å². The minimum Gasteiger partial charge on any atom is -0.359 e. The Morgan fingerprint density at radius 1 is 1.17 bits per heavy atom. The number of halogens is 2. The molecule has 0 saturated carbocycles. The first kappa shape index (κ1) is 15.5. The highest BCUT2D eigenvalue weighted by Gasteiger charge is 2.12. The lowest BCUT2D eigenvalue weighted by molar-refractivity contribution is 0.0947. The topological polar surface area (TPSA) is 68.0 Å². The van der Waals surface area contributed by atoms with Gasteiger partial charge in [0.2, 0.25) is 0 Å². The molecular formula is C16H11Cl2N3O2. The Labute approximate surface area is 142 Å². The first-order valence-electron chi connectivity index (χ1n) is 6.74. The lowest BCUT2D eigenvalue weighted by Crippen LogP contribution is -2.23. The summed E-state index contributed by atoms with van der Waals surface area (Å²) in [5.41, 5.74) is 1.86. The predicted octanol–water partition coefficient (Wildman–Crippen LogP) is 3.97. The van der Waals surface area contributed by atoms with Gasteiger partial charge in [-0.15, -0.1) is 0 Å². The minimum atomic E-state index is -0.326. The van der Waals surface area contributed by atoms with E-state index in [0.29, 0.717) is 22.0 Å². The molecule has 116 valence electrons. The maximum absolute atomic E-state index is 12.0. The van der Waals surface area contributed by atoms with Gasteiger partial charge in [0, 0.05) is 22.8 Å². The molecule has 0 radical (unpaired) electrons. The van der Waals surface area contributed by atoms with Crippen LogP contribution >= 0.6 is 23.2 Å². The highest BCUT2D eigenvalue weighted by atomic mass is 35.5. The molecule has 3 aromatic rings. The summed E-state index contributed by atoms with van der Waals surface area (Å²) in [4.78, 5) is 15.9. The Kier molecular flexibility index (Phi) is 4.60. The van der Waals surface area contributed by atoms with Crippen molar-refractivity contribution in [2.24, 2.45) is 0 Å². The Bertz CT molecular complexity index is 831. The van der Waals surface area contributed by atoms with Crippen molar-refractivity contribution in [2.75, 3.05) is 0 Å². The van der Waals surface area contributed by atoms with E-state index in [1.54, 1.807) is 30.3 Å². The molecule has 7 heteroatoms. The number of carbonyl (C=O) groups excluding carboxylic acids is 1. The highest BCUT2D eigenvalue weighted by Crippen LogP contribution is 2.21. The van der Waals surface area contributed by atoms with Crippen molar-refractivity contribution >= 4 is 29.1 Å². The summed E-state index contributed by atoms with van der Waals surface area (Å²) in [7, 11) is 0. The van der Waals surface area contributed by atoms with E-state index in [1.807, 2.05) is 12.1 Å². The lowest BCUT2D eigenvalue weighted by Gasteiger charge is -2.03. The van der Waals surface area contributed by atoms with Crippen molar-refractivity contribution in [3.63, 3.8) is 0 Å². The number of rotatable bonds is 4. The van der Waals surface area contributed by atoms with Crippen LogP contribution in [0, 0.1) is 0 Å². The zero-order chi connectivity index (χ0) is 16.2.